The van der Waals surface area contributed by atoms with Crippen LogP contribution in [0.25, 0.3) is 0 Å². The molecule has 0 unspecified atom stereocenters. The maximum Gasteiger partial charge on any atom is 0.329 e. The molecule has 2 aromatic carbocycles. The summed E-state index contributed by atoms with van der Waals surface area (Å²) < 4.78 is 0. The Morgan fingerprint density at radius 2 is 1.70 bits per heavy atom. The van der Waals surface area contributed by atoms with Gasteiger partial charge in [0.05, 0.1) is 6.04 Å². The molecule has 0 spiro atoms. The number of fused-ring (bicyclic) bond motifs is 1. The average molecular weight is 427 g/mol. The van der Waals surface area contributed by atoms with Crippen molar-refractivity contribution < 1.29 is 14.4 Å². The van der Waals surface area contributed by atoms with Gasteiger partial charge in [-0.1, -0.05) is 30.3 Å². The van der Waals surface area contributed by atoms with Crippen LogP contribution in [-0.4, -0.2) is 48.9 Å². The summed E-state index contributed by atoms with van der Waals surface area (Å²) in [5, 5.41) is 5.72. The van der Waals surface area contributed by atoms with Crippen molar-refractivity contribution in [2.75, 3.05) is 31.1 Å². The third-order valence-electron chi connectivity index (χ3n) is 6.19. The fourth-order valence-corrected chi connectivity index (χ4v) is 4.81. The number of halogens is 1. The Morgan fingerprint density at radius 3 is 2.37 bits per heavy atom. The zero-order valence-corrected chi connectivity index (χ0v) is 17.1. The molecule has 5 rings (SSSR count). The lowest BCUT2D eigenvalue weighted by Gasteiger charge is -2.28. The van der Waals surface area contributed by atoms with Gasteiger partial charge in [-0.15, -0.1) is 12.4 Å². The predicted octanol–water partition coefficient (Wildman–Crippen LogP) is 2.20. The smallest absolute Gasteiger partial charge is 0.329 e. The van der Waals surface area contributed by atoms with Gasteiger partial charge in [0.25, 0.3) is 5.91 Å². The number of nitrogens with one attached hydrogen (secondary N) is 2. The van der Waals surface area contributed by atoms with Gasteiger partial charge in [0, 0.05) is 36.8 Å². The first kappa shape index (κ1) is 20.4. The zero-order chi connectivity index (χ0) is 20.0. The van der Waals surface area contributed by atoms with Crippen molar-refractivity contribution in [1.29, 1.82) is 0 Å². The van der Waals surface area contributed by atoms with Crippen LogP contribution in [0.2, 0.25) is 0 Å². The normalized spacial score (nSPS) is 25.1. The minimum atomic E-state index is -0.432. The van der Waals surface area contributed by atoms with Crippen molar-refractivity contribution in [3.05, 3.63) is 65.7 Å². The molecule has 3 atom stereocenters. The lowest BCUT2D eigenvalue weighted by Crippen LogP contribution is -2.34. The summed E-state index contributed by atoms with van der Waals surface area (Å²) in [5.41, 5.74) is 2.36. The van der Waals surface area contributed by atoms with Crippen molar-refractivity contribution in [3.8, 4) is 0 Å². The Hall–Kier alpha value is -2.90. The van der Waals surface area contributed by atoms with E-state index < -0.39 is 6.03 Å². The Kier molecular flexibility index (Phi) is 5.49. The van der Waals surface area contributed by atoms with Gasteiger partial charge in [0.15, 0.2) is 0 Å². The number of hydrogen-bond donors (Lipinski definition) is 2. The van der Waals surface area contributed by atoms with E-state index in [0.29, 0.717) is 23.1 Å². The molecule has 3 heterocycles. The highest BCUT2D eigenvalue weighted by Crippen LogP contribution is 2.43. The second kappa shape index (κ2) is 8.08. The van der Waals surface area contributed by atoms with Gasteiger partial charge in [-0.2, -0.15) is 0 Å². The Morgan fingerprint density at radius 1 is 0.967 bits per heavy atom. The monoisotopic (exact) mass is 426 g/mol. The molecule has 156 valence electrons. The van der Waals surface area contributed by atoms with Gasteiger partial charge in [0.1, 0.15) is 6.54 Å². The number of amides is 4. The van der Waals surface area contributed by atoms with Crippen LogP contribution < -0.4 is 15.5 Å². The number of anilines is 1. The highest BCUT2D eigenvalue weighted by Gasteiger charge is 2.46. The van der Waals surface area contributed by atoms with E-state index in [2.05, 4.69) is 22.8 Å². The molecule has 0 aromatic heterocycles. The van der Waals surface area contributed by atoms with Crippen molar-refractivity contribution in [2.24, 2.45) is 11.8 Å². The minimum absolute atomic E-state index is 0. The first-order chi connectivity index (χ1) is 14.1. The fraction of sp³-hybridized carbons (Fsp3) is 0.318. The molecule has 30 heavy (non-hydrogen) atoms. The summed E-state index contributed by atoms with van der Waals surface area (Å²) in [7, 11) is 0. The third kappa shape index (κ3) is 3.44. The van der Waals surface area contributed by atoms with Crippen LogP contribution in [0.5, 0.6) is 0 Å². The number of imide groups is 1. The summed E-state index contributed by atoms with van der Waals surface area (Å²) in [5.74, 6) is 0.558. The number of likely N-dealkylation sites (tertiary alicyclic amines) is 1. The van der Waals surface area contributed by atoms with E-state index in [-0.39, 0.29) is 36.8 Å². The molecule has 3 saturated heterocycles. The molecule has 4 amide bonds. The lowest BCUT2D eigenvalue weighted by molar-refractivity contribution is -0.117. The second-order valence-electron chi connectivity index (χ2n) is 7.88. The number of carbonyl (C=O) groups is 3. The molecular weight excluding hydrogens is 404 g/mol. The SMILES string of the molecule is Cl.O=C1CN(c2ccc(C(=O)N3C[C@@H]4CNC[C@@H]4[C@H]3c3ccccc3)cc2)C(=O)N1. The Bertz CT molecular complexity index is 966. The zero-order valence-electron chi connectivity index (χ0n) is 16.3. The number of benzene rings is 2. The molecule has 2 aromatic rings. The molecule has 8 heteroatoms. The summed E-state index contributed by atoms with van der Waals surface area (Å²) >= 11 is 0. The molecule has 3 aliphatic rings. The van der Waals surface area contributed by atoms with E-state index in [0.717, 1.165) is 19.6 Å². The average Bonchev–Trinajstić information content (AvgIpc) is 3.42. The number of hydrogen-bond acceptors (Lipinski definition) is 4. The van der Waals surface area contributed by atoms with Crippen LogP contribution in [0.3, 0.4) is 0 Å². The largest absolute Gasteiger partial charge is 0.331 e. The van der Waals surface area contributed by atoms with Gasteiger partial charge < -0.3 is 10.2 Å². The van der Waals surface area contributed by atoms with Crippen LogP contribution in [-0.2, 0) is 4.79 Å². The van der Waals surface area contributed by atoms with E-state index in [9.17, 15) is 14.4 Å². The van der Waals surface area contributed by atoms with Crippen LogP contribution >= 0.6 is 12.4 Å². The molecule has 2 N–H and O–H groups in total. The third-order valence-corrected chi connectivity index (χ3v) is 6.19. The summed E-state index contributed by atoms with van der Waals surface area (Å²) in [4.78, 5) is 40.0. The summed E-state index contributed by atoms with van der Waals surface area (Å²) in [6.45, 7) is 2.60. The minimum Gasteiger partial charge on any atom is -0.331 e. The van der Waals surface area contributed by atoms with Crippen LogP contribution in [0, 0.1) is 11.8 Å². The maximum absolute atomic E-state index is 13.4. The predicted molar refractivity (Wildman–Crippen MR) is 115 cm³/mol. The van der Waals surface area contributed by atoms with Gasteiger partial charge in [0.2, 0.25) is 5.91 Å². The standard InChI is InChI=1S/C22H22N4O3.ClH/c27-19-13-25(22(29)24-19)17-8-6-15(7-9-17)21(28)26-12-16-10-23-11-18(16)20(26)14-4-2-1-3-5-14;/h1-9,16,18,20,23H,10-13H2,(H,24,27,29);1H/t16-,18-,20+;/m0./s1. The van der Waals surface area contributed by atoms with Gasteiger partial charge in [-0.3, -0.25) is 19.8 Å². The van der Waals surface area contributed by atoms with Gasteiger partial charge in [-0.25, -0.2) is 4.79 Å². The van der Waals surface area contributed by atoms with E-state index in [1.54, 1.807) is 24.3 Å². The number of rotatable bonds is 3. The van der Waals surface area contributed by atoms with Crippen LogP contribution in [0.1, 0.15) is 22.0 Å². The highest BCUT2D eigenvalue weighted by molar-refractivity contribution is 6.12. The Labute approximate surface area is 180 Å². The highest BCUT2D eigenvalue weighted by atomic mass is 35.5. The second-order valence-corrected chi connectivity index (χ2v) is 7.88. The molecule has 7 nitrogen and oxygen atoms in total. The molecule has 0 radical (unpaired) electrons. The van der Waals surface area contributed by atoms with E-state index in [1.807, 2.05) is 23.1 Å². The van der Waals surface area contributed by atoms with E-state index in [4.69, 9.17) is 0 Å². The van der Waals surface area contributed by atoms with E-state index >= 15 is 0 Å². The van der Waals surface area contributed by atoms with Crippen molar-refractivity contribution in [2.45, 2.75) is 6.04 Å². The number of nitrogens with zero attached hydrogens (tertiary/aromatic N) is 2. The van der Waals surface area contributed by atoms with Gasteiger partial charge >= 0.3 is 6.03 Å². The molecule has 0 aliphatic carbocycles. The van der Waals surface area contributed by atoms with E-state index in [1.165, 1.54) is 10.5 Å². The Balaban J connectivity index is 0.00000218. The number of urea groups is 1. The number of carbonyl (C=O) groups excluding carboxylic acids is 3. The van der Waals surface area contributed by atoms with Crippen molar-refractivity contribution in [3.63, 3.8) is 0 Å². The quantitative estimate of drug-likeness (QED) is 0.737. The molecular formula is C22H23ClN4O3. The first-order valence-corrected chi connectivity index (χ1v) is 9.90. The van der Waals surface area contributed by atoms with Crippen LogP contribution in [0.4, 0.5) is 10.5 Å². The van der Waals surface area contributed by atoms with Crippen molar-refractivity contribution in [1.82, 2.24) is 15.5 Å². The van der Waals surface area contributed by atoms with Gasteiger partial charge in [-0.05, 0) is 35.7 Å². The molecule has 0 bridgehead atoms. The fourth-order valence-electron chi connectivity index (χ4n) is 4.81. The first-order valence-electron chi connectivity index (χ1n) is 9.90. The molecule has 3 fully saturated rings. The summed E-state index contributed by atoms with van der Waals surface area (Å²) in [6.07, 6.45) is 0. The lowest BCUT2D eigenvalue weighted by atomic mass is 9.89. The molecule has 0 saturated carbocycles. The van der Waals surface area contributed by atoms with Crippen LogP contribution in [0.15, 0.2) is 54.6 Å². The summed E-state index contributed by atoms with van der Waals surface area (Å²) in [6, 6.07) is 16.8. The topological polar surface area (TPSA) is 81.8 Å². The molecule has 3 aliphatic heterocycles. The maximum atomic E-state index is 13.4. The van der Waals surface area contributed by atoms with Crippen molar-refractivity contribution >= 4 is 35.9 Å².